The van der Waals surface area contributed by atoms with E-state index in [-0.39, 0.29) is 9.99 Å². The molecule has 14 heavy (non-hydrogen) atoms. The molecule has 0 bridgehead atoms. The molecule has 1 aromatic heterocycles. The lowest BCUT2D eigenvalue weighted by Crippen LogP contribution is -2.28. The highest BCUT2D eigenvalue weighted by Crippen LogP contribution is 2.19. The molecule has 2 rings (SSSR count). The quantitative estimate of drug-likeness (QED) is 0.696. The molecular formula is C8H4BrFN2O2. The molecule has 0 saturated carbocycles. The second kappa shape index (κ2) is 3.06. The van der Waals surface area contributed by atoms with E-state index >= 15 is 0 Å². The number of nitrogens with one attached hydrogen (secondary N) is 2. The van der Waals surface area contributed by atoms with Crippen LogP contribution in [0.1, 0.15) is 0 Å². The summed E-state index contributed by atoms with van der Waals surface area (Å²) in [7, 11) is 0. The summed E-state index contributed by atoms with van der Waals surface area (Å²) >= 11 is 2.97. The molecule has 0 unspecified atom stereocenters. The van der Waals surface area contributed by atoms with E-state index in [0.717, 1.165) is 6.07 Å². The predicted molar refractivity (Wildman–Crippen MR) is 52.8 cm³/mol. The van der Waals surface area contributed by atoms with Crippen LogP contribution >= 0.6 is 15.9 Å². The molecule has 0 fully saturated rings. The molecule has 0 aliphatic heterocycles. The minimum atomic E-state index is -0.792. The molecule has 0 atom stereocenters. The van der Waals surface area contributed by atoms with Crippen LogP contribution in [-0.2, 0) is 0 Å². The molecule has 2 aromatic rings. The Bertz CT molecular complexity index is 562. The van der Waals surface area contributed by atoms with E-state index in [0.29, 0.717) is 5.52 Å². The van der Waals surface area contributed by atoms with Crippen LogP contribution in [0.25, 0.3) is 11.0 Å². The number of fused-ring (bicyclic) bond motifs is 1. The SMILES string of the molecule is O=c1[nH]c2cc(F)c(Br)cc2[nH]c1=O. The van der Waals surface area contributed by atoms with E-state index in [1.54, 1.807) is 0 Å². The zero-order valence-corrected chi connectivity index (χ0v) is 8.31. The third kappa shape index (κ3) is 1.37. The van der Waals surface area contributed by atoms with E-state index in [2.05, 4.69) is 25.9 Å². The lowest BCUT2D eigenvalue weighted by atomic mass is 10.3. The summed E-state index contributed by atoms with van der Waals surface area (Å²) in [5.74, 6) is -0.500. The van der Waals surface area contributed by atoms with Crippen molar-refractivity contribution in [3.8, 4) is 0 Å². The van der Waals surface area contributed by atoms with Gasteiger partial charge in [0.1, 0.15) is 5.82 Å². The molecule has 6 heteroatoms. The van der Waals surface area contributed by atoms with Gasteiger partial charge in [0.25, 0.3) is 0 Å². The van der Waals surface area contributed by atoms with Crippen molar-refractivity contribution in [3.05, 3.63) is 43.1 Å². The molecule has 72 valence electrons. The van der Waals surface area contributed by atoms with E-state index in [9.17, 15) is 14.0 Å². The lowest BCUT2D eigenvalue weighted by Gasteiger charge is -1.98. The Labute approximate surface area is 84.9 Å². The first-order valence-corrected chi connectivity index (χ1v) is 4.48. The molecule has 0 spiro atoms. The van der Waals surface area contributed by atoms with Gasteiger partial charge in [0.05, 0.1) is 15.5 Å². The predicted octanol–water partition coefficient (Wildman–Crippen LogP) is 1.12. The molecular weight excluding hydrogens is 255 g/mol. The zero-order chi connectivity index (χ0) is 10.3. The molecule has 4 nitrogen and oxygen atoms in total. The fraction of sp³-hybridized carbons (Fsp3) is 0. The third-order valence-electron chi connectivity index (χ3n) is 1.76. The maximum absolute atomic E-state index is 13.0. The van der Waals surface area contributed by atoms with Crippen molar-refractivity contribution in [1.29, 1.82) is 0 Å². The first-order valence-electron chi connectivity index (χ1n) is 3.69. The Kier molecular flexibility index (Phi) is 1.99. The van der Waals surface area contributed by atoms with Gasteiger partial charge in [0.2, 0.25) is 0 Å². The Morgan fingerprint density at radius 3 is 2.14 bits per heavy atom. The molecule has 1 aromatic carbocycles. The van der Waals surface area contributed by atoms with E-state index in [4.69, 9.17) is 0 Å². The van der Waals surface area contributed by atoms with Gasteiger partial charge in [-0.05, 0) is 22.0 Å². The minimum Gasteiger partial charge on any atom is -0.316 e. The second-order valence-corrected chi connectivity index (χ2v) is 3.57. The smallest absolute Gasteiger partial charge is 0.314 e. The van der Waals surface area contributed by atoms with Gasteiger partial charge in [0, 0.05) is 6.07 Å². The highest BCUT2D eigenvalue weighted by Gasteiger charge is 2.04. The van der Waals surface area contributed by atoms with Crippen molar-refractivity contribution in [2.45, 2.75) is 0 Å². The van der Waals surface area contributed by atoms with E-state index in [1.165, 1.54) is 6.07 Å². The summed E-state index contributed by atoms with van der Waals surface area (Å²) in [4.78, 5) is 26.4. The Morgan fingerprint density at radius 2 is 1.57 bits per heavy atom. The van der Waals surface area contributed by atoms with Crippen LogP contribution in [0.2, 0.25) is 0 Å². The van der Waals surface area contributed by atoms with Crippen LogP contribution in [0, 0.1) is 5.82 Å². The third-order valence-corrected chi connectivity index (χ3v) is 2.37. The minimum absolute atomic E-state index is 0.229. The summed E-state index contributed by atoms with van der Waals surface area (Å²) in [6, 6.07) is 2.53. The number of aromatic nitrogens is 2. The van der Waals surface area contributed by atoms with Gasteiger partial charge >= 0.3 is 11.1 Å². The van der Waals surface area contributed by atoms with Crippen molar-refractivity contribution in [2.24, 2.45) is 0 Å². The Balaban J connectivity index is 2.97. The first kappa shape index (κ1) is 9.14. The van der Waals surface area contributed by atoms with Gasteiger partial charge in [0.15, 0.2) is 0 Å². The number of aromatic amines is 2. The molecule has 0 saturated heterocycles. The number of hydrogen-bond acceptors (Lipinski definition) is 2. The molecule has 0 radical (unpaired) electrons. The van der Waals surface area contributed by atoms with E-state index < -0.39 is 16.9 Å². The maximum Gasteiger partial charge on any atom is 0.314 e. The molecule has 0 aliphatic carbocycles. The number of H-pyrrole nitrogens is 2. The highest BCUT2D eigenvalue weighted by atomic mass is 79.9. The number of rotatable bonds is 0. The first-order chi connectivity index (χ1) is 6.58. The van der Waals surface area contributed by atoms with Crippen molar-refractivity contribution in [1.82, 2.24) is 9.97 Å². The molecule has 0 amide bonds. The average molecular weight is 259 g/mol. The second-order valence-electron chi connectivity index (χ2n) is 2.72. The fourth-order valence-corrected chi connectivity index (χ4v) is 1.46. The fourth-order valence-electron chi connectivity index (χ4n) is 1.11. The van der Waals surface area contributed by atoms with Gasteiger partial charge in [-0.2, -0.15) is 0 Å². The van der Waals surface area contributed by atoms with E-state index in [1.807, 2.05) is 0 Å². The molecule has 2 N–H and O–H groups in total. The molecule has 0 aliphatic rings. The van der Waals surface area contributed by atoms with Crippen LogP contribution in [0.3, 0.4) is 0 Å². The number of halogens is 2. The van der Waals surface area contributed by atoms with Crippen molar-refractivity contribution in [2.75, 3.05) is 0 Å². The van der Waals surface area contributed by atoms with Crippen LogP contribution in [-0.4, -0.2) is 9.97 Å². The topological polar surface area (TPSA) is 65.7 Å². The molecule has 1 heterocycles. The standard InChI is InChI=1S/C8H4BrFN2O2/c9-3-1-5-6(2-4(3)10)12-8(14)7(13)11-5/h1-2H,(H,11,13)(H,12,14). The number of hydrogen-bond donors (Lipinski definition) is 2. The highest BCUT2D eigenvalue weighted by molar-refractivity contribution is 9.10. The summed E-state index contributed by atoms with van der Waals surface area (Å²) in [5.41, 5.74) is -0.909. The largest absolute Gasteiger partial charge is 0.316 e. The zero-order valence-electron chi connectivity index (χ0n) is 6.73. The van der Waals surface area contributed by atoms with Crippen LogP contribution in [0.15, 0.2) is 26.2 Å². The Hall–Kier alpha value is -1.43. The van der Waals surface area contributed by atoms with Crippen LogP contribution in [0.5, 0.6) is 0 Å². The van der Waals surface area contributed by atoms with Crippen LogP contribution < -0.4 is 11.1 Å². The summed E-state index contributed by atoms with van der Waals surface area (Å²) in [6.07, 6.45) is 0. The summed E-state index contributed by atoms with van der Waals surface area (Å²) in [6.45, 7) is 0. The lowest BCUT2D eigenvalue weighted by molar-refractivity contribution is 0.622. The average Bonchev–Trinajstić information content (AvgIpc) is 2.11. The normalized spacial score (nSPS) is 10.7. The van der Waals surface area contributed by atoms with Crippen LogP contribution in [0.4, 0.5) is 4.39 Å². The summed E-state index contributed by atoms with van der Waals surface area (Å²) < 4.78 is 13.2. The number of benzene rings is 1. The van der Waals surface area contributed by atoms with Gasteiger partial charge in [-0.15, -0.1) is 0 Å². The maximum atomic E-state index is 13.0. The van der Waals surface area contributed by atoms with Crippen molar-refractivity contribution >= 4 is 27.0 Å². The van der Waals surface area contributed by atoms with Gasteiger partial charge in [-0.25, -0.2) is 4.39 Å². The Morgan fingerprint density at radius 1 is 1.07 bits per heavy atom. The van der Waals surface area contributed by atoms with Gasteiger partial charge < -0.3 is 9.97 Å². The summed E-state index contributed by atoms with van der Waals surface area (Å²) in [5, 5.41) is 0. The monoisotopic (exact) mass is 258 g/mol. The van der Waals surface area contributed by atoms with Gasteiger partial charge in [-0.3, -0.25) is 9.59 Å². The van der Waals surface area contributed by atoms with Crippen molar-refractivity contribution < 1.29 is 4.39 Å². The van der Waals surface area contributed by atoms with Gasteiger partial charge in [-0.1, -0.05) is 0 Å². The van der Waals surface area contributed by atoms with Crippen molar-refractivity contribution in [3.63, 3.8) is 0 Å².